The molecule has 0 saturated heterocycles. The standard InChI is InChI=1S/C14H16FN5O2/c1-9(21)16-6-7-17-14-18-13(22)12(19-20-14)8-10-2-4-11(15)5-3-10/h2-5H,6-8H2,1H3,(H,16,21)(H2,17,18,20,22). The van der Waals surface area contributed by atoms with E-state index in [1.807, 2.05) is 0 Å². The van der Waals surface area contributed by atoms with Gasteiger partial charge in [-0.15, -0.1) is 10.2 Å². The van der Waals surface area contributed by atoms with E-state index in [0.29, 0.717) is 13.1 Å². The van der Waals surface area contributed by atoms with Crippen LogP contribution in [0.4, 0.5) is 10.3 Å². The van der Waals surface area contributed by atoms with E-state index >= 15 is 0 Å². The number of nitrogens with one attached hydrogen (secondary N) is 3. The van der Waals surface area contributed by atoms with Crippen molar-refractivity contribution in [3.63, 3.8) is 0 Å². The van der Waals surface area contributed by atoms with Gasteiger partial charge in [-0.05, 0) is 17.7 Å². The minimum atomic E-state index is -0.360. The maximum atomic E-state index is 12.8. The van der Waals surface area contributed by atoms with Gasteiger partial charge in [0.25, 0.3) is 5.56 Å². The lowest BCUT2D eigenvalue weighted by Gasteiger charge is -2.06. The molecule has 2 aromatic rings. The second kappa shape index (κ2) is 7.30. The third-order valence-electron chi connectivity index (χ3n) is 2.84. The Hall–Kier alpha value is -2.77. The van der Waals surface area contributed by atoms with Crippen LogP contribution in [-0.4, -0.2) is 34.2 Å². The Morgan fingerprint density at radius 2 is 1.95 bits per heavy atom. The number of amides is 1. The fraction of sp³-hybridized carbons (Fsp3) is 0.286. The van der Waals surface area contributed by atoms with Crippen molar-refractivity contribution in [2.75, 3.05) is 18.4 Å². The minimum Gasteiger partial charge on any atom is -0.355 e. The molecule has 0 aliphatic heterocycles. The summed E-state index contributed by atoms with van der Waals surface area (Å²) in [5.41, 5.74) is 0.660. The number of nitrogens with zero attached hydrogens (tertiary/aromatic N) is 2. The summed E-state index contributed by atoms with van der Waals surface area (Å²) in [6.07, 6.45) is 0.273. The van der Waals surface area contributed by atoms with E-state index in [-0.39, 0.29) is 35.3 Å². The highest BCUT2D eigenvalue weighted by molar-refractivity contribution is 5.72. The molecule has 116 valence electrons. The van der Waals surface area contributed by atoms with Crippen molar-refractivity contribution in [2.24, 2.45) is 0 Å². The summed E-state index contributed by atoms with van der Waals surface area (Å²) in [5, 5.41) is 13.2. The molecule has 8 heteroatoms. The Morgan fingerprint density at radius 1 is 1.23 bits per heavy atom. The smallest absolute Gasteiger partial charge is 0.274 e. The van der Waals surface area contributed by atoms with E-state index in [1.165, 1.54) is 19.1 Å². The quantitative estimate of drug-likeness (QED) is 0.673. The lowest BCUT2D eigenvalue weighted by molar-refractivity contribution is -0.118. The van der Waals surface area contributed by atoms with Crippen molar-refractivity contribution in [1.82, 2.24) is 20.5 Å². The van der Waals surface area contributed by atoms with E-state index in [9.17, 15) is 14.0 Å². The predicted octanol–water partition coefficient (Wildman–Crippen LogP) is 0.443. The van der Waals surface area contributed by atoms with Gasteiger partial charge in [-0.25, -0.2) is 4.39 Å². The Bertz CT molecular complexity index is 699. The van der Waals surface area contributed by atoms with Crippen LogP contribution in [0.5, 0.6) is 0 Å². The molecule has 1 heterocycles. The van der Waals surface area contributed by atoms with Crippen LogP contribution < -0.4 is 16.2 Å². The normalized spacial score (nSPS) is 10.3. The summed E-state index contributed by atoms with van der Waals surface area (Å²) >= 11 is 0. The molecular weight excluding hydrogens is 289 g/mol. The van der Waals surface area contributed by atoms with Crippen LogP contribution >= 0.6 is 0 Å². The number of rotatable bonds is 6. The highest BCUT2D eigenvalue weighted by atomic mass is 19.1. The lowest BCUT2D eigenvalue weighted by Crippen LogP contribution is -2.28. The van der Waals surface area contributed by atoms with Crippen molar-refractivity contribution < 1.29 is 9.18 Å². The SMILES string of the molecule is CC(=O)NCCNc1nnc(Cc2ccc(F)cc2)c(=O)[nH]1. The maximum Gasteiger partial charge on any atom is 0.274 e. The number of H-pyrrole nitrogens is 1. The number of benzene rings is 1. The van der Waals surface area contributed by atoms with Gasteiger partial charge in [0, 0.05) is 26.4 Å². The van der Waals surface area contributed by atoms with Gasteiger partial charge in [-0.2, -0.15) is 0 Å². The lowest BCUT2D eigenvalue weighted by atomic mass is 10.1. The molecular formula is C14H16FN5O2. The van der Waals surface area contributed by atoms with Gasteiger partial charge in [0.15, 0.2) is 0 Å². The molecule has 22 heavy (non-hydrogen) atoms. The Labute approximate surface area is 126 Å². The number of hydrogen-bond donors (Lipinski definition) is 3. The van der Waals surface area contributed by atoms with Crippen LogP contribution in [0.1, 0.15) is 18.2 Å². The third kappa shape index (κ3) is 4.65. The molecule has 1 aromatic carbocycles. The number of halogens is 1. The molecule has 1 amide bonds. The second-order valence-corrected chi connectivity index (χ2v) is 4.66. The third-order valence-corrected chi connectivity index (χ3v) is 2.84. The molecule has 0 aliphatic rings. The zero-order chi connectivity index (χ0) is 15.9. The average molecular weight is 305 g/mol. The van der Waals surface area contributed by atoms with E-state index < -0.39 is 0 Å². The van der Waals surface area contributed by atoms with Crippen molar-refractivity contribution >= 4 is 11.9 Å². The molecule has 1 aromatic heterocycles. The first-order chi connectivity index (χ1) is 10.5. The summed E-state index contributed by atoms with van der Waals surface area (Å²) in [7, 11) is 0. The zero-order valence-electron chi connectivity index (χ0n) is 12.0. The van der Waals surface area contributed by atoms with E-state index in [1.54, 1.807) is 12.1 Å². The highest BCUT2D eigenvalue weighted by Crippen LogP contribution is 2.06. The average Bonchev–Trinajstić information content (AvgIpc) is 2.48. The molecule has 3 N–H and O–H groups in total. The van der Waals surface area contributed by atoms with Gasteiger partial charge in [0.05, 0.1) is 0 Å². The predicted molar refractivity (Wildman–Crippen MR) is 79.0 cm³/mol. The molecule has 0 bridgehead atoms. The van der Waals surface area contributed by atoms with Gasteiger partial charge in [0.1, 0.15) is 11.5 Å². The van der Waals surface area contributed by atoms with E-state index in [0.717, 1.165) is 5.56 Å². The van der Waals surface area contributed by atoms with Crippen molar-refractivity contribution in [3.05, 3.63) is 51.7 Å². The van der Waals surface area contributed by atoms with Crippen molar-refractivity contribution in [1.29, 1.82) is 0 Å². The minimum absolute atomic E-state index is 0.129. The summed E-state index contributed by atoms with van der Waals surface area (Å²) in [5.74, 6) is -0.225. The molecule has 0 fully saturated rings. The number of carbonyl (C=O) groups is 1. The first-order valence-corrected chi connectivity index (χ1v) is 6.73. The zero-order valence-corrected chi connectivity index (χ0v) is 12.0. The number of aromatic amines is 1. The first-order valence-electron chi connectivity index (χ1n) is 6.73. The molecule has 0 saturated carbocycles. The Balaban J connectivity index is 1.96. The Kier molecular flexibility index (Phi) is 5.18. The van der Waals surface area contributed by atoms with Gasteiger partial charge in [0.2, 0.25) is 11.9 Å². The van der Waals surface area contributed by atoms with Crippen molar-refractivity contribution in [2.45, 2.75) is 13.3 Å². The fourth-order valence-corrected chi connectivity index (χ4v) is 1.77. The van der Waals surface area contributed by atoms with Crippen LogP contribution in [0.2, 0.25) is 0 Å². The van der Waals surface area contributed by atoms with Crippen LogP contribution in [0, 0.1) is 5.82 Å². The summed E-state index contributed by atoms with van der Waals surface area (Å²) < 4.78 is 12.8. The van der Waals surface area contributed by atoms with Gasteiger partial charge < -0.3 is 10.6 Å². The molecule has 7 nitrogen and oxygen atoms in total. The molecule has 0 radical (unpaired) electrons. The van der Waals surface area contributed by atoms with Gasteiger partial charge in [-0.1, -0.05) is 12.1 Å². The number of carbonyl (C=O) groups excluding carboxylic acids is 1. The number of hydrogen-bond acceptors (Lipinski definition) is 5. The largest absolute Gasteiger partial charge is 0.355 e. The topological polar surface area (TPSA) is 99.8 Å². The Morgan fingerprint density at radius 3 is 2.59 bits per heavy atom. The second-order valence-electron chi connectivity index (χ2n) is 4.66. The van der Waals surface area contributed by atoms with Gasteiger partial charge in [-0.3, -0.25) is 14.6 Å². The van der Waals surface area contributed by atoms with Crippen LogP contribution in [0.15, 0.2) is 29.1 Å². The molecule has 0 atom stereocenters. The van der Waals surface area contributed by atoms with Gasteiger partial charge >= 0.3 is 0 Å². The van der Waals surface area contributed by atoms with E-state index in [2.05, 4.69) is 25.8 Å². The maximum absolute atomic E-state index is 12.8. The number of aromatic nitrogens is 3. The number of anilines is 1. The van der Waals surface area contributed by atoms with E-state index in [4.69, 9.17) is 0 Å². The molecule has 0 unspecified atom stereocenters. The summed E-state index contributed by atoms with van der Waals surface area (Å²) in [6, 6.07) is 5.84. The summed E-state index contributed by atoms with van der Waals surface area (Å²) in [6.45, 7) is 2.25. The van der Waals surface area contributed by atoms with Crippen LogP contribution in [-0.2, 0) is 11.2 Å². The molecule has 0 aliphatic carbocycles. The fourth-order valence-electron chi connectivity index (χ4n) is 1.77. The van der Waals surface area contributed by atoms with Crippen molar-refractivity contribution in [3.8, 4) is 0 Å². The summed E-state index contributed by atoms with van der Waals surface area (Å²) in [4.78, 5) is 25.2. The van der Waals surface area contributed by atoms with Crippen LogP contribution in [0.3, 0.4) is 0 Å². The molecule has 2 rings (SSSR count). The highest BCUT2D eigenvalue weighted by Gasteiger charge is 2.06. The first kappa shape index (κ1) is 15.6. The molecule has 0 spiro atoms. The monoisotopic (exact) mass is 305 g/mol. The van der Waals surface area contributed by atoms with Crippen LogP contribution in [0.25, 0.3) is 0 Å².